The fourth-order valence-electron chi connectivity index (χ4n) is 3.11. The zero-order valence-corrected chi connectivity index (χ0v) is 35.2. The van der Waals surface area contributed by atoms with Crippen molar-refractivity contribution in [1.82, 2.24) is 0 Å². The van der Waals surface area contributed by atoms with Gasteiger partial charge in [-0.25, -0.2) is 0 Å². The SMILES string of the molecule is C1=CC([CH-][Si][CH-]C2C=Cc3ccccc32)c2ccccc21.CCC(=O)O.CCC(=O)O.CCC(=O)O.CCC(=O)O.CCC(=O)O.CCC(=O)O.[Ti].[Ti]. The van der Waals surface area contributed by atoms with Gasteiger partial charge in [-0.2, -0.15) is 0 Å². The first-order chi connectivity index (χ1) is 24.0. The predicted octanol–water partition coefficient (Wildman–Crippen LogP) is 7.52. The van der Waals surface area contributed by atoms with E-state index in [0.29, 0.717) is 11.8 Å². The molecule has 2 aromatic carbocycles. The Balaban J connectivity index is -0.000000200. The van der Waals surface area contributed by atoms with E-state index in [9.17, 15) is 28.8 Å². The summed E-state index contributed by atoms with van der Waals surface area (Å²) in [5.41, 5.74) is 5.63. The number of aliphatic carboxylic acids is 6. The van der Waals surface area contributed by atoms with Gasteiger partial charge in [0.2, 0.25) is 0 Å². The molecule has 0 heterocycles. The van der Waals surface area contributed by atoms with Crippen LogP contribution in [0.3, 0.4) is 0 Å². The zero-order valence-electron chi connectivity index (χ0n) is 31.1. The van der Waals surface area contributed by atoms with Gasteiger partial charge in [0.25, 0.3) is 0 Å². The van der Waals surface area contributed by atoms with Crippen LogP contribution < -0.4 is 0 Å². The molecule has 6 N–H and O–H groups in total. The number of fused-ring (bicyclic) bond motifs is 2. The summed E-state index contributed by atoms with van der Waals surface area (Å²) in [7, 11) is 0.772. The molecule has 0 saturated carbocycles. The Hall–Kier alpha value is -3.61. The van der Waals surface area contributed by atoms with E-state index in [4.69, 9.17) is 30.6 Å². The van der Waals surface area contributed by atoms with Gasteiger partial charge in [0.1, 0.15) is 0 Å². The molecule has 2 radical (unpaired) electrons. The molecule has 15 heteroatoms. The van der Waals surface area contributed by atoms with Gasteiger partial charge in [0.15, 0.2) is 0 Å². The summed E-state index contributed by atoms with van der Waals surface area (Å²) >= 11 is 0. The van der Waals surface area contributed by atoms with E-state index in [1.807, 2.05) is 0 Å². The van der Waals surface area contributed by atoms with Crippen molar-refractivity contribution >= 4 is 57.5 Å². The second-order valence-electron chi connectivity index (χ2n) is 10.0. The van der Waals surface area contributed by atoms with Crippen molar-refractivity contribution in [1.29, 1.82) is 0 Å². The molecule has 0 saturated heterocycles. The van der Waals surface area contributed by atoms with Crippen LogP contribution in [0, 0.1) is 12.1 Å². The van der Waals surface area contributed by atoms with Gasteiger partial charge in [-0.15, -0.1) is 24.0 Å². The van der Waals surface area contributed by atoms with E-state index in [0.717, 1.165) is 9.52 Å². The Labute approximate surface area is 345 Å². The van der Waals surface area contributed by atoms with Crippen molar-refractivity contribution in [2.24, 2.45) is 0 Å². The van der Waals surface area contributed by atoms with Crippen molar-refractivity contribution in [2.75, 3.05) is 0 Å². The van der Waals surface area contributed by atoms with E-state index in [1.54, 1.807) is 41.5 Å². The van der Waals surface area contributed by atoms with Crippen LogP contribution in [-0.2, 0) is 72.2 Å². The fourth-order valence-corrected chi connectivity index (χ4v) is 4.22. The first-order valence-electron chi connectivity index (χ1n) is 16.3. The molecule has 2 aromatic rings. The quantitative estimate of drug-likeness (QED) is 0.101. The summed E-state index contributed by atoms with van der Waals surface area (Å²) in [6.45, 7) is 9.60. The number of benzene rings is 2. The summed E-state index contributed by atoms with van der Waals surface area (Å²) in [6.07, 6.45) is 10.4. The van der Waals surface area contributed by atoms with Crippen LogP contribution >= 0.6 is 0 Å². The number of hydrogen-bond donors (Lipinski definition) is 6. The molecule has 0 amide bonds. The predicted molar refractivity (Wildman–Crippen MR) is 198 cm³/mol. The fraction of sp³-hybridized carbons (Fsp3) is 0.368. The summed E-state index contributed by atoms with van der Waals surface area (Å²) in [5.74, 6) is -3.51. The van der Waals surface area contributed by atoms with E-state index < -0.39 is 35.8 Å². The minimum atomic E-state index is -0.745. The van der Waals surface area contributed by atoms with Crippen LogP contribution in [0.5, 0.6) is 0 Å². The molecule has 0 fully saturated rings. The van der Waals surface area contributed by atoms with Crippen LogP contribution in [0.1, 0.15) is 114 Å². The zero-order chi connectivity index (χ0) is 39.8. The first-order valence-corrected chi connectivity index (χ1v) is 17.5. The second kappa shape index (κ2) is 38.1. The van der Waals surface area contributed by atoms with Crippen LogP contribution in [-0.4, -0.2) is 76.0 Å². The topological polar surface area (TPSA) is 224 Å². The second-order valence-corrected chi connectivity index (χ2v) is 11.0. The third-order valence-electron chi connectivity index (χ3n) is 6.04. The van der Waals surface area contributed by atoms with Crippen LogP contribution in [0.4, 0.5) is 0 Å². The van der Waals surface area contributed by atoms with E-state index >= 15 is 0 Å². The maximum Gasteiger partial charge on any atom is 0.303 e. The molecule has 0 aliphatic heterocycles. The van der Waals surface area contributed by atoms with Crippen LogP contribution in [0.2, 0.25) is 0 Å². The molecule has 0 aromatic heterocycles. The third kappa shape index (κ3) is 35.2. The van der Waals surface area contributed by atoms with E-state index in [2.05, 4.69) is 84.9 Å². The normalized spacial score (nSPS) is 12.7. The van der Waals surface area contributed by atoms with Gasteiger partial charge in [-0.1, -0.05) is 113 Å². The number of hydrogen-bond acceptors (Lipinski definition) is 6. The van der Waals surface area contributed by atoms with Gasteiger partial charge in [0, 0.05) is 82.0 Å². The molecule has 290 valence electrons. The minimum Gasteiger partial charge on any atom is -0.481 e. The van der Waals surface area contributed by atoms with Crippen molar-refractivity contribution in [2.45, 2.75) is 91.9 Å². The van der Waals surface area contributed by atoms with Gasteiger partial charge in [0.05, 0.1) is 0 Å². The number of carbonyl (C=O) groups is 6. The number of carboxylic acid groups (broad SMARTS) is 6. The summed E-state index contributed by atoms with van der Waals surface area (Å²) in [6, 6.07) is 22.3. The molecule has 4 rings (SSSR count). The largest absolute Gasteiger partial charge is 0.481 e. The van der Waals surface area contributed by atoms with Crippen molar-refractivity contribution in [3.63, 3.8) is 0 Å². The van der Waals surface area contributed by atoms with Gasteiger partial charge in [-0.3, -0.25) is 28.8 Å². The Kier molecular flexibility index (Phi) is 42.2. The smallest absolute Gasteiger partial charge is 0.303 e. The Morgan fingerprint density at radius 3 is 0.887 bits per heavy atom. The minimum absolute atomic E-state index is 0. The molecule has 0 spiro atoms. The summed E-state index contributed by atoms with van der Waals surface area (Å²) in [4.78, 5) is 56.2. The molecule has 12 nitrogen and oxygen atoms in total. The first kappa shape index (κ1) is 58.7. The molecule has 2 unspecified atom stereocenters. The maximum absolute atomic E-state index is 9.37. The Bertz CT molecular complexity index is 1230. The van der Waals surface area contributed by atoms with Crippen LogP contribution in [0.15, 0.2) is 60.7 Å². The number of rotatable bonds is 10. The Morgan fingerprint density at radius 1 is 0.472 bits per heavy atom. The van der Waals surface area contributed by atoms with Gasteiger partial charge < -0.3 is 52.2 Å². The summed E-state index contributed by atoms with van der Waals surface area (Å²) < 4.78 is 0. The average molecular weight is 825 g/mol. The van der Waals surface area contributed by atoms with Crippen molar-refractivity contribution in [3.8, 4) is 0 Å². The molecule has 2 atom stereocenters. The number of allylic oxidation sites excluding steroid dienone is 2. The monoisotopic (exact) mass is 824 g/mol. The van der Waals surface area contributed by atoms with Crippen molar-refractivity contribution < 1.29 is 103 Å². The Morgan fingerprint density at radius 2 is 0.679 bits per heavy atom. The van der Waals surface area contributed by atoms with E-state index in [1.165, 1.54) is 22.3 Å². The molecular weight excluding hydrogens is 772 g/mol. The van der Waals surface area contributed by atoms with Crippen molar-refractivity contribution in [3.05, 3.63) is 95.0 Å². The maximum atomic E-state index is 9.37. The molecule has 53 heavy (non-hydrogen) atoms. The molecule has 2 aliphatic rings. The van der Waals surface area contributed by atoms with E-state index in [-0.39, 0.29) is 82.0 Å². The molecule has 0 bridgehead atoms. The number of carboxylic acids is 6. The average Bonchev–Trinajstić information content (AvgIpc) is 3.74. The van der Waals surface area contributed by atoms with Gasteiger partial charge >= 0.3 is 35.8 Å². The third-order valence-corrected chi connectivity index (χ3v) is 7.15. The van der Waals surface area contributed by atoms with Crippen LogP contribution in [0.25, 0.3) is 12.2 Å². The summed E-state index contributed by atoms with van der Waals surface area (Å²) in [5, 5.41) is 46.3. The molecular formula is C38H52O12SiTi2-2. The molecule has 2 aliphatic carbocycles. The standard InChI is InChI=1S/C20H16Si.6C3H6O2.2Ti/c1-3-7-19-15(5-1)9-11-17(19)13-21-14-18-12-10-16-6-2-4-8-20(16)18;6*1-2-3(4)5;;/h1-14,17-18H;6*2H2,1H3,(H,4,5);;/q-2;;;;;;;;. The van der Waals surface area contributed by atoms with Gasteiger partial charge in [-0.05, 0) is 11.1 Å².